The van der Waals surface area contributed by atoms with Crippen molar-refractivity contribution in [2.45, 2.75) is 39.8 Å². The van der Waals surface area contributed by atoms with Crippen LogP contribution in [-0.4, -0.2) is 47.6 Å². The summed E-state index contributed by atoms with van der Waals surface area (Å²) in [6, 6.07) is 7.47. The summed E-state index contributed by atoms with van der Waals surface area (Å²) in [7, 11) is -1.25. The lowest BCUT2D eigenvalue weighted by Gasteiger charge is -2.17. The molecule has 2 aromatic heterocycles. The third-order valence-electron chi connectivity index (χ3n) is 5.81. The monoisotopic (exact) mass is 415 g/mol. The molecule has 0 N–H and O–H groups in total. The molecule has 0 radical (unpaired) electrons. The van der Waals surface area contributed by atoms with Gasteiger partial charge in [0.15, 0.2) is 15.6 Å². The van der Waals surface area contributed by atoms with Gasteiger partial charge in [-0.15, -0.1) is 0 Å². The van der Waals surface area contributed by atoms with E-state index in [1.165, 1.54) is 0 Å². The number of furan rings is 1. The Kier molecular flexibility index (Phi) is 4.77. The van der Waals surface area contributed by atoms with Gasteiger partial charge in [0, 0.05) is 35.8 Å². The summed E-state index contributed by atoms with van der Waals surface area (Å²) < 4.78 is 31.3. The summed E-state index contributed by atoms with van der Waals surface area (Å²) in [5.74, 6) is 0.489. The highest BCUT2D eigenvalue weighted by Crippen LogP contribution is 2.29. The van der Waals surface area contributed by atoms with Crippen LogP contribution in [0.25, 0.3) is 11.0 Å². The van der Waals surface area contributed by atoms with Crippen LogP contribution in [-0.2, 0) is 16.4 Å². The molecular weight excluding hydrogens is 390 g/mol. The summed E-state index contributed by atoms with van der Waals surface area (Å²) in [6.45, 7) is 6.10. The number of hydrogen-bond donors (Lipinski definition) is 0. The van der Waals surface area contributed by atoms with Crippen molar-refractivity contribution in [3.05, 3.63) is 52.5 Å². The molecule has 3 heterocycles. The third-order valence-corrected chi connectivity index (χ3v) is 7.56. The molecule has 8 heteroatoms. The standard InChI is InChI=1S/C21H25N3O4S/c1-13-17-7-5-6-8-19(17)28-20(13)21(25)23(4)11-18-14(2)22-24(15(18)3)16-9-10-29(26,27)12-16/h5-8,16H,9-12H2,1-4H3/t16-/m0/s1. The molecule has 1 amide bonds. The van der Waals surface area contributed by atoms with Crippen molar-refractivity contribution in [1.29, 1.82) is 0 Å². The Morgan fingerprint density at radius 2 is 2.00 bits per heavy atom. The first kappa shape index (κ1) is 19.7. The zero-order valence-electron chi connectivity index (χ0n) is 17.1. The number of amides is 1. The van der Waals surface area contributed by atoms with E-state index < -0.39 is 9.84 Å². The fourth-order valence-electron chi connectivity index (χ4n) is 4.11. The minimum Gasteiger partial charge on any atom is -0.451 e. The van der Waals surface area contributed by atoms with Crippen molar-refractivity contribution in [3.8, 4) is 0 Å². The molecule has 0 bridgehead atoms. The van der Waals surface area contributed by atoms with Gasteiger partial charge < -0.3 is 9.32 Å². The average molecular weight is 416 g/mol. The number of benzene rings is 1. The van der Waals surface area contributed by atoms with Gasteiger partial charge in [-0.1, -0.05) is 18.2 Å². The first-order valence-corrected chi connectivity index (χ1v) is 11.5. The van der Waals surface area contributed by atoms with Gasteiger partial charge in [-0.3, -0.25) is 9.48 Å². The van der Waals surface area contributed by atoms with Crippen molar-refractivity contribution >= 4 is 26.7 Å². The van der Waals surface area contributed by atoms with Crippen molar-refractivity contribution in [2.24, 2.45) is 0 Å². The molecule has 0 unspecified atom stereocenters. The lowest BCUT2D eigenvalue weighted by Crippen LogP contribution is -2.27. The van der Waals surface area contributed by atoms with E-state index in [1.807, 2.05) is 49.7 Å². The Morgan fingerprint density at radius 3 is 2.66 bits per heavy atom. The molecule has 1 atom stereocenters. The van der Waals surface area contributed by atoms with Crippen LogP contribution in [0.3, 0.4) is 0 Å². The molecule has 7 nitrogen and oxygen atoms in total. The number of hydrogen-bond acceptors (Lipinski definition) is 5. The second kappa shape index (κ2) is 7.02. The number of rotatable bonds is 4. The van der Waals surface area contributed by atoms with Gasteiger partial charge >= 0.3 is 0 Å². The van der Waals surface area contributed by atoms with E-state index in [1.54, 1.807) is 11.9 Å². The van der Waals surface area contributed by atoms with Crippen LogP contribution in [0, 0.1) is 20.8 Å². The van der Waals surface area contributed by atoms with Gasteiger partial charge in [-0.05, 0) is 33.3 Å². The minimum absolute atomic E-state index is 0.126. The summed E-state index contributed by atoms with van der Waals surface area (Å²) >= 11 is 0. The first-order chi connectivity index (χ1) is 13.7. The normalized spacial score (nSPS) is 18.4. The molecule has 1 aliphatic heterocycles. The molecular formula is C21H25N3O4S. The van der Waals surface area contributed by atoms with Crippen molar-refractivity contribution in [3.63, 3.8) is 0 Å². The Morgan fingerprint density at radius 1 is 1.28 bits per heavy atom. The zero-order chi connectivity index (χ0) is 20.9. The quantitative estimate of drug-likeness (QED) is 0.653. The van der Waals surface area contributed by atoms with E-state index in [-0.39, 0.29) is 23.5 Å². The number of aryl methyl sites for hydroxylation is 2. The zero-order valence-corrected chi connectivity index (χ0v) is 17.9. The Hall–Kier alpha value is -2.61. The topological polar surface area (TPSA) is 85.4 Å². The molecule has 3 aromatic rings. The highest BCUT2D eigenvalue weighted by Gasteiger charge is 2.32. The minimum atomic E-state index is -2.99. The molecule has 1 saturated heterocycles. The van der Waals surface area contributed by atoms with E-state index >= 15 is 0 Å². The number of aromatic nitrogens is 2. The van der Waals surface area contributed by atoms with Gasteiger partial charge in [0.25, 0.3) is 5.91 Å². The highest BCUT2D eigenvalue weighted by atomic mass is 32.2. The maximum Gasteiger partial charge on any atom is 0.289 e. The van der Waals surface area contributed by atoms with Crippen molar-refractivity contribution in [2.75, 3.05) is 18.6 Å². The highest BCUT2D eigenvalue weighted by molar-refractivity contribution is 7.91. The van der Waals surface area contributed by atoms with E-state index in [0.29, 0.717) is 24.3 Å². The first-order valence-electron chi connectivity index (χ1n) is 9.66. The van der Waals surface area contributed by atoms with Crippen LogP contribution in [0.2, 0.25) is 0 Å². The maximum absolute atomic E-state index is 13.0. The summed E-state index contributed by atoms with van der Waals surface area (Å²) in [6.07, 6.45) is 0.580. The number of sulfone groups is 1. The molecule has 1 aliphatic rings. The van der Waals surface area contributed by atoms with Gasteiger partial charge in [-0.2, -0.15) is 5.10 Å². The van der Waals surface area contributed by atoms with Crippen molar-refractivity contribution < 1.29 is 17.6 Å². The van der Waals surface area contributed by atoms with Gasteiger partial charge in [0.05, 0.1) is 23.2 Å². The van der Waals surface area contributed by atoms with Gasteiger partial charge in [0.1, 0.15) is 5.58 Å². The molecule has 29 heavy (non-hydrogen) atoms. The molecule has 154 valence electrons. The number of nitrogens with zero attached hydrogens (tertiary/aromatic N) is 3. The summed E-state index contributed by atoms with van der Waals surface area (Å²) in [5.41, 5.74) is 4.19. The number of para-hydroxylation sites is 1. The van der Waals surface area contributed by atoms with Crippen LogP contribution in [0.4, 0.5) is 0 Å². The second-order valence-electron chi connectivity index (χ2n) is 7.86. The lowest BCUT2D eigenvalue weighted by atomic mass is 10.1. The SMILES string of the molecule is Cc1nn([C@H]2CCS(=O)(=O)C2)c(C)c1CN(C)C(=O)c1oc2ccccc2c1C. The Balaban J connectivity index is 1.59. The predicted molar refractivity (Wildman–Crippen MR) is 111 cm³/mol. The molecule has 4 rings (SSSR count). The molecule has 0 saturated carbocycles. The van der Waals surface area contributed by atoms with Crippen LogP contribution in [0.1, 0.15) is 45.5 Å². The van der Waals surface area contributed by atoms with E-state index in [9.17, 15) is 13.2 Å². The second-order valence-corrected chi connectivity index (χ2v) is 10.1. The number of carbonyl (C=O) groups excluding carboxylic acids is 1. The Labute approximate surface area is 170 Å². The predicted octanol–water partition coefficient (Wildman–Crippen LogP) is 3.19. The Bertz CT molecular complexity index is 1210. The van der Waals surface area contributed by atoms with Crippen LogP contribution < -0.4 is 0 Å². The number of fused-ring (bicyclic) bond motifs is 1. The summed E-state index contributed by atoms with van der Waals surface area (Å²) in [4.78, 5) is 14.7. The maximum atomic E-state index is 13.0. The lowest BCUT2D eigenvalue weighted by molar-refractivity contribution is 0.0754. The molecule has 1 fully saturated rings. The molecule has 1 aromatic carbocycles. The molecule has 0 aliphatic carbocycles. The smallest absolute Gasteiger partial charge is 0.289 e. The average Bonchev–Trinajstić information content (AvgIpc) is 3.30. The van der Waals surface area contributed by atoms with Gasteiger partial charge in [-0.25, -0.2) is 8.42 Å². The fraction of sp³-hybridized carbons (Fsp3) is 0.429. The number of carbonyl (C=O) groups is 1. The van der Waals surface area contributed by atoms with Crippen LogP contribution in [0.5, 0.6) is 0 Å². The van der Waals surface area contributed by atoms with E-state index in [2.05, 4.69) is 5.10 Å². The van der Waals surface area contributed by atoms with Gasteiger partial charge in [0.2, 0.25) is 0 Å². The van der Waals surface area contributed by atoms with Crippen LogP contribution in [0.15, 0.2) is 28.7 Å². The third kappa shape index (κ3) is 3.46. The van der Waals surface area contributed by atoms with Crippen LogP contribution >= 0.6 is 0 Å². The van der Waals surface area contributed by atoms with Crippen molar-refractivity contribution in [1.82, 2.24) is 14.7 Å². The molecule has 0 spiro atoms. The van der Waals surface area contributed by atoms with E-state index in [0.717, 1.165) is 27.9 Å². The summed E-state index contributed by atoms with van der Waals surface area (Å²) in [5, 5.41) is 5.52. The van der Waals surface area contributed by atoms with E-state index in [4.69, 9.17) is 4.42 Å². The fourth-order valence-corrected chi connectivity index (χ4v) is 5.80. The largest absolute Gasteiger partial charge is 0.451 e.